The number of aromatic amines is 1. The van der Waals surface area contributed by atoms with Crippen LogP contribution < -0.4 is 11.3 Å². The van der Waals surface area contributed by atoms with E-state index in [1.165, 1.54) is 17.8 Å². The molecule has 0 fully saturated rings. The summed E-state index contributed by atoms with van der Waals surface area (Å²) in [5, 5.41) is 1.24. The van der Waals surface area contributed by atoms with Crippen LogP contribution in [0.5, 0.6) is 0 Å². The van der Waals surface area contributed by atoms with Gasteiger partial charge in [0.15, 0.2) is 5.16 Å². The molecule has 0 aliphatic heterocycles. The van der Waals surface area contributed by atoms with Gasteiger partial charge in [-0.15, -0.1) is 0 Å². The van der Waals surface area contributed by atoms with Crippen molar-refractivity contribution in [2.45, 2.75) is 43.8 Å². The summed E-state index contributed by atoms with van der Waals surface area (Å²) < 4.78 is 0. The van der Waals surface area contributed by atoms with Crippen molar-refractivity contribution in [3.63, 3.8) is 0 Å². The van der Waals surface area contributed by atoms with Crippen LogP contribution in [0.1, 0.15) is 30.4 Å². The highest BCUT2D eigenvalue weighted by Gasteiger charge is 2.10. The van der Waals surface area contributed by atoms with Gasteiger partial charge in [0.25, 0.3) is 5.56 Å². The summed E-state index contributed by atoms with van der Waals surface area (Å²) in [6, 6.07) is 1.53. The second-order valence-corrected chi connectivity index (χ2v) is 5.46. The average molecular weight is 291 g/mol. The van der Waals surface area contributed by atoms with Crippen LogP contribution in [0.15, 0.2) is 21.0 Å². The number of aryl methyl sites for hydroxylation is 2. The number of nitrogens with two attached hydrogens (primary N) is 1. The summed E-state index contributed by atoms with van der Waals surface area (Å²) in [5.41, 5.74) is 7.26. The topological polar surface area (TPSA) is 97.5 Å². The lowest BCUT2D eigenvalue weighted by Crippen LogP contribution is -2.10. The summed E-state index contributed by atoms with van der Waals surface area (Å²) in [5.74, 6) is 1.05. The van der Waals surface area contributed by atoms with E-state index >= 15 is 0 Å². The molecule has 0 radical (unpaired) electrons. The number of hydrogen-bond donors (Lipinski definition) is 2. The van der Waals surface area contributed by atoms with Gasteiger partial charge in [-0.25, -0.2) is 15.0 Å². The molecule has 106 valence electrons. The van der Waals surface area contributed by atoms with Crippen LogP contribution in [-0.4, -0.2) is 19.9 Å². The molecule has 0 aromatic carbocycles. The molecule has 0 unspecified atom stereocenters. The van der Waals surface area contributed by atoms with Gasteiger partial charge in [0.2, 0.25) is 0 Å². The third-order valence-electron chi connectivity index (χ3n) is 2.72. The predicted octanol–water partition coefficient (Wildman–Crippen LogP) is 1.86. The van der Waals surface area contributed by atoms with E-state index in [0.29, 0.717) is 21.8 Å². The van der Waals surface area contributed by atoms with Crippen LogP contribution in [0.2, 0.25) is 0 Å². The standard InChI is InChI=1S/C13H17N5OS/c1-4-5-9-6-10(19)18-13(17-9)20-12-7(2)11(14)15-8(3)16-12/h6H,4-5H2,1-3H3,(H2,14,15,16)(H,17,18,19). The van der Waals surface area contributed by atoms with E-state index in [2.05, 4.69) is 19.9 Å². The molecule has 0 saturated carbocycles. The molecule has 0 aliphatic rings. The smallest absolute Gasteiger partial charge is 0.251 e. The number of anilines is 1. The Balaban J connectivity index is 2.37. The van der Waals surface area contributed by atoms with Gasteiger partial charge in [0, 0.05) is 17.3 Å². The lowest BCUT2D eigenvalue weighted by atomic mass is 10.2. The summed E-state index contributed by atoms with van der Waals surface area (Å²) in [6.45, 7) is 5.68. The monoisotopic (exact) mass is 291 g/mol. The first kappa shape index (κ1) is 14.5. The number of rotatable bonds is 4. The molecule has 0 spiro atoms. The van der Waals surface area contributed by atoms with E-state index in [-0.39, 0.29) is 5.56 Å². The van der Waals surface area contributed by atoms with Gasteiger partial charge in [0.05, 0.1) is 0 Å². The molecule has 0 atom stereocenters. The fraction of sp³-hybridized carbons (Fsp3) is 0.385. The Bertz CT molecular complexity index is 683. The van der Waals surface area contributed by atoms with E-state index in [1.54, 1.807) is 6.92 Å². The highest BCUT2D eigenvalue weighted by molar-refractivity contribution is 7.99. The molecule has 2 heterocycles. The minimum absolute atomic E-state index is 0.151. The minimum Gasteiger partial charge on any atom is -0.383 e. The fourth-order valence-corrected chi connectivity index (χ4v) is 2.66. The normalized spacial score (nSPS) is 10.8. The van der Waals surface area contributed by atoms with Crippen molar-refractivity contribution in [1.29, 1.82) is 0 Å². The zero-order valence-corrected chi connectivity index (χ0v) is 12.5. The average Bonchev–Trinajstić information content (AvgIpc) is 2.35. The molecule has 0 aliphatic carbocycles. The van der Waals surface area contributed by atoms with Crippen LogP contribution in [0, 0.1) is 13.8 Å². The van der Waals surface area contributed by atoms with Gasteiger partial charge < -0.3 is 10.7 Å². The lowest BCUT2D eigenvalue weighted by Gasteiger charge is -2.07. The molecule has 2 aromatic rings. The maximum absolute atomic E-state index is 11.6. The van der Waals surface area contributed by atoms with Gasteiger partial charge >= 0.3 is 0 Å². The van der Waals surface area contributed by atoms with Crippen molar-refractivity contribution in [2.24, 2.45) is 0 Å². The number of nitrogens with zero attached hydrogens (tertiary/aromatic N) is 3. The van der Waals surface area contributed by atoms with Crippen LogP contribution in [-0.2, 0) is 6.42 Å². The summed E-state index contributed by atoms with van der Waals surface area (Å²) >= 11 is 1.30. The summed E-state index contributed by atoms with van der Waals surface area (Å²) in [6.07, 6.45) is 1.72. The third-order valence-corrected chi connectivity index (χ3v) is 3.70. The van der Waals surface area contributed by atoms with Gasteiger partial charge in [-0.05, 0) is 32.0 Å². The highest BCUT2D eigenvalue weighted by atomic mass is 32.2. The highest BCUT2D eigenvalue weighted by Crippen LogP contribution is 2.27. The Kier molecular flexibility index (Phi) is 4.39. The minimum atomic E-state index is -0.151. The van der Waals surface area contributed by atoms with Crippen molar-refractivity contribution in [3.8, 4) is 0 Å². The molecular formula is C13H17N5OS. The van der Waals surface area contributed by atoms with Crippen molar-refractivity contribution >= 4 is 17.6 Å². The van der Waals surface area contributed by atoms with Gasteiger partial charge in [-0.2, -0.15) is 0 Å². The molecule has 0 saturated heterocycles. The molecule has 0 bridgehead atoms. The Morgan fingerprint density at radius 1 is 1.30 bits per heavy atom. The molecule has 20 heavy (non-hydrogen) atoms. The number of H-pyrrole nitrogens is 1. The van der Waals surface area contributed by atoms with Crippen LogP contribution in [0.3, 0.4) is 0 Å². The molecule has 7 heteroatoms. The van der Waals surface area contributed by atoms with E-state index in [9.17, 15) is 4.79 Å². The Morgan fingerprint density at radius 2 is 2.05 bits per heavy atom. The molecule has 2 aromatic heterocycles. The zero-order chi connectivity index (χ0) is 14.7. The first-order valence-electron chi connectivity index (χ1n) is 6.38. The maximum Gasteiger partial charge on any atom is 0.251 e. The fourth-order valence-electron chi connectivity index (χ4n) is 1.73. The van der Waals surface area contributed by atoms with Crippen molar-refractivity contribution < 1.29 is 0 Å². The Morgan fingerprint density at radius 3 is 2.75 bits per heavy atom. The first-order chi connectivity index (χ1) is 9.49. The van der Waals surface area contributed by atoms with Crippen molar-refractivity contribution in [1.82, 2.24) is 19.9 Å². The van der Waals surface area contributed by atoms with Crippen LogP contribution in [0.25, 0.3) is 0 Å². The second-order valence-electron chi connectivity index (χ2n) is 4.48. The van der Waals surface area contributed by atoms with Crippen molar-refractivity contribution in [2.75, 3.05) is 5.73 Å². The van der Waals surface area contributed by atoms with Crippen LogP contribution >= 0.6 is 11.8 Å². The summed E-state index contributed by atoms with van der Waals surface area (Å²) in [7, 11) is 0. The van der Waals surface area contributed by atoms with Gasteiger partial charge in [-0.3, -0.25) is 4.79 Å². The SMILES string of the molecule is CCCc1cc(=O)[nH]c(Sc2nc(C)nc(N)c2C)n1. The molecule has 2 rings (SSSR count). The van der Waals surface area contributed by atoms with E-state index in [0.717, 1.165) is 24.1 Å². The van der Waals surface area contributed by atoms with E-state index < -0.39 is 0 Å². The number of hydrogen-bond acceptors (Lipinski definition) is 6. The molecular weight excluding hydrogens is 274 g/mol. The first-order valence-corrected chi connectivity index (χ1v) is 7.20. The molecule has 0 amide bonds. The lowest BCUT2D eigenvalue weighted by molar-refractivity contribution is 0.813. The number of nitrogens with one attached hydrogen (secondary N) is 1. The molecule has 6 nitrogen and oxygen atoms in total. The predicted molar refractivity (Wildman–Crippen MR) is 78.9 cm³/mol. The van der Waals surface area contributed by atoms with E-state index in [1.807, 2.05) is 13.8 Å². The summed E-state index contributed by atoms with van der Waals surface area (Å²) in [4.78, 5) is 27.2. The maximum atomic E-state index is 11.6. The van der Waals surface area contributed by atoms with E-state index in [4.69, 9.17) is 5.73 Å². The quantitative estimate of drug-likeness (QED) is 0.659. The Hall–Kier alpha value is -1.89. The largest absolute Gasteiger partial charge is 0.383 e. The zero-order valence-electron chi connectivity index (χ0n) is 11.7. The third kappa shape index (κ3) is 3.36. The Labute approximate surface area is 121 Å². The van der Waals surface area contributed by atoms with Crippen LogP contribution in [0.4, 0.5) is 5.82 Å². The van der Waals surface area contributed by atoms with Gasteiger partial charge in [0.1, 0.15) is 16.7 Å². The van der Waals surface area contributed by atoms with Gasteiger partial charge in [-0.1, -0.05) is 13.3 Å². The second kappa shape index (κ2) is 6.04. The van der Waals surface area contributed by atoms with Crippen molar-refractivity contribution in [3.05, 3.63) is 33.5 Å². The number of nitrogen functional groups attached to an aromatic ring is 1. The molecule has 3 N–H and O–H groups in total. The number of aromatic nitrogens is 4.